The number of hydrogen-bond donors (Lipinski definition) is 2. The van der Waals surface area contributed by atoms with Gasteiger partial charge in [0.25, 0.3) is 5.91 Å². The van der Waals surface area contributed by atoms with Crippen molar-refractivity contribution in [2.24, 2.45) is 0 Å². The summed E-state index contributed by atoms with van der Waals surface area (Å²) in [4.78, 5) is 29.1. The van der Waals surface area contributed by atoms with Crippen molar-refractivity contribution < 1.29 is 24.1 Å². The van der Waals surface area contributed by atoms with Crippen LogP contribution in [0.1, 0.15) is 33.5 Å². The first-order chi connectivity index (χ1) is 21.9. The zero-order valence-electron chi connectivity index (χ0n) is 25.1. The topological polar surface area (TPSA) is 112 Å². The molecule has 45 heavy (non-hydrogen) atoms. The van der Waals surface area contributed by atoms with Gasteiger partial charge < -0.3 is 24.6 Å². The van der Waals surface area contributed by atoms with E-state index in [1.54, 1.807) is 38.5 Å². The normalized spacial score (nSPS) is 11.9. The molecule has 1 amide bonds. The first kappa shape index (κ1) is 31.2. The van der Waals surface area contributed by atoms with Crippen molar-refractivity contribution >= 4 is 11.7 Å². The van der Waals surface area contributed by atoms with E-state index in [2.05, 4.69) is 10.3 Å². The minimum absolute atomic E-state index is 0.00547. The molecule has 9 nitrogen and oxygen atoms in total. The van der Waals surface area contributed by atoms with Gasteiger partial charge in [0.15, 0.2) is 0 Å². The van der Waals surface area contributed by atoms with E-state index in [0.29, 0.717) is 5.56 Å². The van der Waals surface area contributed by atoms with Gasteiger partial charge in [0.2, 0.25) is 0 Å². The number of anilines is 1. The molecule has 230 valence electrons. The Kier molecular flexibility index (Phi) is 10.0. The Balaban J connectivity index is 1.34. The lowest BCUT2D eigenvalue weighted by Gasteiger charge is -2.36. The molecular formula is C36H35N3O6. The van der Waals surface area contributed by atoms with E-state index in [9.17, 15) is 14.7 Å². The highest BCUT2D eigenvalue weighted by molar-refractivity contribution is 6.03. The number of aromatic nitrogens is 2. The maximum Gasteiger partial charge on any atom is 0.349 e. The van der Waals surface area contributed by atoms with Crippen LogP contribution in [0, 0.1) is 0 Å². The number of methoxy groups -OCH3 is 2. The zero-order valence-corrected chi connectivity index (χ0v) is 25.1. The van der Waals surface area contributed by atoms with Gasteiger partial charge in [0, 0.05) is 11.8 Å². The van der Waals surface area contributed by atoms with Crippen molar-refractivity contribution in [2.75, 3.05) is 26.1 Å². The van der Waals surface area contributed by atoms with Gasteiger partial charge in [-0.1, -0.05) is 72.8 Å². The summed E-state index contributed by atoms with van der Waals surface area (Å²) in [6.07, 6.45) is 0.831. The van der Waals surface area contributed by atoms with Crippen LogP contribution >= 0.6 is 0 Å². The van der Waals surface area contributed by atoms with Crippen molar-refractivity contribution in [3.63, 3.8) is 0 Å². The number of hydrogen-bond acceptors (Lipinski definition) is 7. The number of aliphatic hydroxyl groups excluding tert-OH is 1. The Hall–Kier alpha value is -5.25. The van der Waals surface area contributed by atoms with E-state index in [0.717, 1.165) is 28.2 Å². The number of aliphatic hydroxyl groups is 1. The molecule has 2 N–H and O–H groups in total. The molecule has 1 aromatic heterocycles. The van der Waals surface area contributed by atoms with Crippen LogP contribution in [0.5, 0.6) is 11.5 Å². The number of ether oxygens (including phenoxy) is 3. The van der Waals surface area contributed by atoms with Crippen LogP contribution in [-0.4, -0.2) is 47.5 Å². The quantitative estimate of drug-likeness (QED) is 0.176. The van der Waals surface area contributed by atoms with Crippen LogP contribution in [0.15, 0.2) is 126 Å². The van der Waals surface area contributed by atoms with Gasteiger partial charge in [-0.05, 0) is 65.6 Å². The van der Waals surface area contributed by atoms with Crippen LogP contribution in [0.4, 0.5) is 5.82 Å². The Morgan fingerprint density at radius 1 is 0.800 bits per heavy atom. The molecular weight excluding hydrogens is 570 g/mol. The second-order valence-electron chi connectivity index (χ2n) is 10.4. The van der Waals surface area contributed by atoms with Crippen LogP contribution in [0.3, 0.4) is 0 Å². The summed E-state index contributed by atoms with van der Waals surface area (Å²) >= 11 is 0. The number of carbonyl (C=O) groups is 1. The van der Waals surface area contributed by atoms with Crippen molar-refractivity contribution in [1.29, 1.82) is 0 Å². The fraction of sp³-hybridized carbons (Fsp3) is 0.194. The summed E-state index contributed by atoms with van der Waals surface area (Å²) in [7, 11) is 3.24. The molecule has 5 aromatic rings. The molecule has 0 saturated carbocycles. The van der Waals surface area contributed by atoms with E-state index in [4.69, 9.17) is 14.2 Å². The Labute approximate surface area is 261 Å². The molecule has 1 heterocycles. The third-order valence-corrected chi connectivity index (χ3v) is 7.50. The summed E-state index contributed by atoms with van der Waals surface area (Å²) in [5.74, 6) is 1.20. The largest absolute Gasteiger partial charge is 0.497 e. The second kappa shape index (κ2) is 14.5. The first-order valence-corrected chi connectivity index (χ1v) is 14.5. The van der Waals surface area contributed by atoms with E-state index >= 15 is 0 Å². The number of carbonyl (C=O) groups excluding carboxylic acids is 1. The molecule has 1 atom stereocenters. The molecule has 5 rings (SSSR count). The lowest BCUT2D eigenvalue weighted by atomic mass is 9.80. The van der Waals surface area contributed by atoms with Gasteiger partial charge in [-0.25, -0.2) is 4.79 Å². The number of nitrogens with one attached hydrogen (secondary N) is 1. The standard InChI is InChI=1S/C36H35N3O6/c1-43-31-17-13-28(14-18-31)36(27-11-7-4-8-12-27,29-15-19-32(44-2)20-16-29)45-24-22-30(40)25-39-23-21-33(38-35(39)42)37-34(41)26-9-5-3-6-10-26/h3-21,23,30,40H,22,24-25H2,1-2H3,(H,37,38,41,42)/t30-/m0/s1. The van der Waals surface area contributed by atoms with Gasteiger partial charge in [-0.3, -0.25) is 9.36 Å². The van der Waals surface area contributed by atoms with Gasteiger partial charge in [-0.2, -0.15) is 4.98 Å². The molecule has 0 spiro atoms. The van der Waals surface area contributed by atoms with Crippen LogP contribution < -0.4 is 20.5 Å². The number of benzene rings is 4. The number of rotatable bonds is 13. The lowest BCUT2D eigenvalue weighted by Crippen LogP contribution is -2.35. The predicted octanol–water partition coefficient (Wildman–Crippen LogP) is 5.27. The minimum Gasteiger partial charge on any atom is -0.497 e. The molecule has 0 aliphatic carbocycles. The molecule has 0 unspecified atom stereocenters. The summed E-state index contributed by atoms with van der Waals surface area (Å²) in [5, 5.41) is 13.6. The van der Waals surface area contributed by atoms with Crippen molar-refractivity contribution in [2.45, 2.75) is 24.7 Å². The molecule has 0 fully saturated rings. The molecule has 0 bridgehead atoms. The fourth-order valence-electron chi connectivity index (χ4n) is 5.16. The molecule has 0 aliphatic heterocycles. The zero-order chi connectivity index (χ0) is 31.6. The minimum atomic E-state index is -1.02. The average Bonchev–Trinajstić information content (AvgIpc) is 3.09. The smallest absolute Gasteiger partial charge is 0.349 e. The van der Waals surface area contributed by atoms with Gasteiger partial charge >= 0.3 is 5.69 Å². The van der Waals surface area contributed by atoms with Crippen molar-refractivity contribution in [3.8, 4) is 11.5 Å². The molecule has 0 saturated heterocycles. The monoisotopic (exact) mass is 605 g/mol. The SMILES string of the molecule is COc1ccc(C(OCC[C@H](O)Cn2ccc(NC(=O)c3ccccc3)nc2=O)(c2ccccc2)c2ccc(OC)cc2)cc1. The van der Waals surface area contributed by atoms with E-state index in [1.165, 1.54) is 16.8 Å². The van der Waals surface area contributed by atoms with Crippen molar-refractivity contribution in [1.82, 2.24) is 9.55 Å². The summed E-state index contributed by atoms with van der Waals surface area (Å²) < 4.78 is 18.9. The van der Waals surface area contributed by atoms with Crippen LogP contribution in [0.25, 0.3) is 0 Å². The number of nitrogens with zero attached hydrogens (tertiary/aromatic N) is 2. The number of amides is 1. The third-order valence-electron chi connectivity index (χ3n) is 7.50. The maximum absolute atomic E-state index is 12.7. The predicted molar refractivity (Wildman–Crippen MR) is 172 cm³/mol. The van der Waals surface area contributed by atoms with E-state index < -0.39 is 17.4 Å². The van der Waals surface area contributed by atoms with Gasteiger partial charge in [0.05, 0.1) is 33.5 Å². The highest BCUT2D eigenvalue weighted by Crippen LogP contribution is 2.41. The highest BCUT2D eigenvalue weighted by atomic mass is 16.5. The lowest BCUT2D eigenvalue weighted by molar-refractivity contribution is -0.00765. The fourth-order valence-corrected chi connectivity index (χ4v) is 5.16. The second-order valence-corrected chi connectivity index (χ2v) is 10.4. The third kappa shape index (κ3) is 7.29. The van der Waals surface area contributed by atoms with Crippen LogP contribution in [-0.2, 0) is 16.9 Å². The Morgan fingerprint density at radius 3 is 1.87 bits per heavy atom. The maximum atomic E-state index is 12.7. The highest BCUT2D eigenvalue weighted by Gasteiger charge is 2.38. The van der Waals surface area contributed by atoms with E-state index in [-0.39, 0.29) is 31.3 Å². The Bertz CT molecular complexity index is 1690. The molecule has 0 aliphatic rings. The summed E-state index contributed by atoms with van der Waals surface area (Å²) in [5.41, 5.74) is 1.51. The summed E-state index contributed by atoms with van der Waals surface area (Å²) in [6.45, 7) is 0.174. The van der Waals surface area contributed by atoms with E-state index in [1.807, 2.05) is 84.9 Å². The molecule has 4 aromatic carbocycles. The average molecular weight is 606 g/mol. The van der Waals surface area contributed by atoms with Crippen molar-refractivity contribution in [3.05, 3.63) is 154 Å². The van der Waals surface area contributed by atoms with Crippen LogP contribution in [0.2, 0.25) is 0 Å². The first-order valence-electron chi connectivity index (χ1n) is 14.5. The molecule has 0 radical (unpaired) electrons. The van der Waals surface area contributed by atoms with Gasteiger partial charge in [0.1, 0.15) is 22.9 Å². The van der Waals surface area contributed by atoms with Gasteiger partial charge in [-0.15, -0.1) is 0 Å². The molecule has 9 heteroatoms. The Morgan fingerprint density at radius 2 is 1.33 bits per heavy atom. The summed E-state index contributed by atoms with van der Waals surface area (Å²) in [6, 6.07) is 35.5.